The molecule has 0 spiro atoms. The molecule has 2 aromatic rings. The van der Waals surface area contributed by atoms with Gasteiger partial charge in [0.2, 0.25) is 5.91 Å². The normalized spacial score (nSPS) is 15.2. The maximum Gasteiger partial charge on any atom is 0.248 e. The smallest absolute Gasteiger partial charge is 0.248 e. The fourth-order valence-electron chi connectivity index (χ4n) is 2.94. The lowest BCUT2D eigenvalue weighted by atomic mass is 10.1. The number of amides is 1. The third-order valence-corrected chi connectivity index (χ3v) is 4.43. The first-order valence-electron chi connectivity index (χ1n) is 8.47. The summed E-state index contributed by atoms with van der Waals surface area (Å²) in [5, 5.41) is 0. The zero-order chi connectivity index (χ0) is 18.5. The van der Waals surface area contributed by atoms with Crippen LogP contribution in [0.15, 0.2) is 53.5 Å². The average Bonchev–Trinajstić information content (AvgIpc) is 2.67. The molecule has 6 nitrogen and oxygen atoms in total. The summed E-state index contributed by atoms with van der Waals surface area (Å²) < 4.78 is 13.0. The van der Waals surface area contributed by atoms with Gasteiger partial charge in [-0.15, -0.1) is 0 Å². The van der Waals surface area contributed by atoms with Crippen molar-refractivity contribution in [1.29, 1.82) is 0 Å². The molecule has 1 fully saturated rings. The van der Waals surface area contributed by atoms with Gasteiger partial charge in [-0.2, -0.15) is 0 Å². The predicted molar refractivity (Wildman–Crippen MR) is 100 cm³/mol. The van der Waals surface area contributed by atoms with Gasteiger partial charge in [-0.25, -0.2) is 9.38 Å². The van der Waals surface area contributed by atoms with Gasteiger partial charge in [0.25, 0.3) is 0 Å². The van der Waals surface area contributed by atoms with E-state index in [0.29, 0.717) is 18.1 Å². The van der Waals surface area contributed by atoms with Crippen molar-refractivity contribution < 1.29 is 9.18 Å². The van der Waals surface area contributed by atoms with Crippen molar-refractivity contribution in [2.75, 3.05) is 31.1 Å². The first-order valence-corrected chi connectivity index (χ1v) is 8.47. The van der Waals surface area contributed by atoms with Crippen molar-refractivity contribution in [2.24, 2.45) is 16.5 Å². The van der Waals surface area contributed by atoms with Crippen LogP contribution in [0.4, 0.5) is 10.1 Å². The first kappa shape index (κ1) is 17.7. The van der Waals surface area contributed by atoms with Crippen LogP contribution in [0.25, 0.3) is 0 Å². The number of primary amides is 1. The van der Waals surface area contributed by atoms with E-state index in [1.807, 2.05) is 11.0 Å². The Hall–Kier alpha value is -3.09. The van der Waals surface area contributed by atoms with Gasteiger partial charge in [0.05, 0.1) is 6.54 Å². The van der Waals surface area contributed by atoms with Gasteiger partial charge >= 0.3 is 0 Å². The molecule has 0 bridgehead atoms. The Morgan fingerprint density at radius 1 is 1.04 bits per heavy atom. The summed E-state index contributed by atoms with van der Waals surface area (Å²) >= 11 is 0. The number of carbonyl (C=O) groups is 1. The lowest BCUT2D eigenvalue weighted by molar-refractivity contribution is 0.1000. The Kier molecular flexibility index (Phi) is 5.36. The summed E-state index contributed by atoms with van der Waals surface area (Å²) in [6, 6.07) is 13.6. The number of guanidine groups is 1. The second-order valence-electron chi connectivity index (χ2n) is 6.19. The van der Waals surface area contributed by atoms with E-state index in [-0.39, 0.29) is 5.82 Å². The molecule has 7 heteroatoms. The van der Waals surface area contributed by atoms with Crippen LogP contribution >= 0.6 is 0 Å². The number of hydrogen-bond donors (Lipinski definition) is 2. The van der Waals surface area contributed by atoms with E-state index in [4.69, 9.17) is 11.5 Å². The molecule has 0 aliphatic carbocycles. The highest BCUT2D eigenvalue weighted by Gasteiger charge is 2.18. The number of rotatable bonds is 4. The number of piperazine rings is 1. The largest absolute Gasteiger partial charge is 0.370 e. The number of nitrogens with zero attached hydrogens (tertiary/aromatic N) is 3. The molecule has 2 aromatic carbocycles. The summed E-state index contributed by atoms with van der Waals surface area (Å²) in [5.41, 5.74) is 13.8. The van der Waals surface area contributed by atoms with Crippen LogP contribution in [0.5, 0.6) is 0 Å². The van der Waals surface area contributed by atoms with Gasteiger partial charge in [0, 0.05) is 37.4 Å². The summed E-state index contributed by atoms with van der Waals surface area (Å²) in [6.07, 6.45) is 0. The number of halogens is 1. The molecule has 26 heavy (non-hydrogen) atoms. The maximum atomic E-state index is 13.0. The van der Waals surface area contributed by atoms with Crippen molar-refractivity contribution >= 4 is 17.6 Å². The van der Waals surface area contributed by atoms with Crippen LogP contribution in [0, 0.1) is 5.82 Å². The number of nitrogens with two attached hydrogens (primary N) is 2. The number of carbonyl (C=O) groups excluding carboxylic acids is 1. The van der Waals surface area contributed by atoms with Crippen LogP contribution in [0.3, 0.4) is 0 Å². The Morgan fingerprint density at radius 2 is 1.73 bits per heavy atom. The molecule has 4 N–H and O–H groups in total. The van der Waals surface area contributed by atoms with E-state index < -0.39 is 5.91 Å². The zero-order valence-electron chi connectivity index (χ0n) is 14.4. The number of anilines is 1. The molecule has 3 rings (SSSR count). The molecule has 0 radical (unpaired) electrons. The van der Waals surface area contributed by atoms with Gasteiger partial charge in [0.15, 0.2) is 5.96 Å². The Morgan fingerprint density at radius 3 is 2.38 bits per heavy atom. The number of hydrogen-bond acceptors (Lipinski definition) is 3. The van der Waals surface area contributed by atoms with Crippen LogP contribution in [-0.4, -0.2) is 42.9 Å². The minimum Gasteiger partial charge on any atom is -0.370 e. The topological polar surface area (TPSA) is 87.9 Å². The highest BCUT2D eigenvalue weighted by atomic mass is 19.1. The standard InChI is InChI=1S/C19H22FN5O/c20-16-4-6-17(7-5-16)24-8-10-25(11-9-24)19(22)23-13-14-2-1-3-15(12-14)18(21)26/h1-7,12H,8-11,13H2,(H2,21,26)(H2,22,23). The molecule has 1 heterocycles. The van der Waals surface area contributed by atoms with E-state index in [2.05, 4.69) is 9.89 Å². The minimum absolute atomic E-state index is 0.232. The first-order chi connectivity index (χ1) is 12.5. The molecule has 0 unspecified atom stereocenters. The minimum atomic E-state index is -0.458. The van der Waals surface area contributed by atoms with E-state index in [1.54, 1.807) is 30.3 Å². The van der Waals surface area contributed by atoms with Crippen molar-refractivity contribution in [3.63, 3.8) is 0 Å². The molecule has 1 aliphatic heterocycles. The van der Waals surface area contributed by atoms with E-state index in [1.165, 1.54) is 12.1 Å². The predicted octanol–water partition coefficient (Wildman–Crippen LogP) is 1.56. The third kappa shape index (κ3) is 4.30. The second-order valence-corrected chi connectivity index (χ2v) is 6.19. The maximum absolute atomic E-state index is 13.0. The monoisotopic (exact) mass is 355 g/mol. The highest BCUT2D eigenvalue weighted by Crippen LogP contribution is 2.17. The molecule has 1 amide bonds. The van der Waals surface area contributed by atoms with Crippen molar-refractivity contribution in [3.8, 4) is 0 Å². The fourth-order valence-corrected chi connectivity index (χ4v) is 2.94. The number of aliphatic imine (C=N–C) groups is 1. The molecule has 136 valence electrons. The molecule has 0 saturated carbocycles. The molecular formula is C19H22FN5O. The third-order valence-electron chi connectivity index (χ3n) is 4.43. The van der Waals surface area contributed by atoms with Crippen LogP contribution in [0.2, 0.25) is 0 Å². The van der Waals surface area contributed by atoms with Gasteiger partial charge in [0.1, 0.15) is 5.82 Å². The summed E-state index contributed by atoms with van der Waals surface area (Å²) in [5.74, 6) is -0.210. The van der Waals surface area contributed by atoms with E-state index >= 15 is 0 Å². The quantitative estimate of drug-likeness (QED) is 0.644. The lowest BCUT2D eigenvalue weighted by Crippen LogP contribution is -2.51. The average molecular weight is 355 g/mol. The summed E-state index contributed by atoms with van der Waals surface area (Å²) in [4.78, 5) is 19.9. The molecule has 0 atom stereocenters. The van der Waals surface area contributed by atoms with Gasteiger partial charge in [-0.3, -0.25) is 4.79 Å². The Balaban J connectivity index is 1.57. The summed E-state index contributed by atoms with van der Waals surface area (Å²) in [6.45, 7) is 3.46. The van der Waals surface area contributed by atoms with Gasteiger partial charge in [-0.1, -0.05) is 12.1 Å². The van der Waals surface area contributed by atoms with Gasteiger partial charge in [-0.05, 0) is 42.0 Å². The highest BCUT2D eigenvalue weighted by molar-refractivity contribution is 5.92. The zero-order valence-corrected chi connectivity index (χ0v) is 14.4. The Labute approximate surface area is 151 Å². The fraction of sp³-hybridized carbons (Fsp3) is 0.263. The van der Waals surface area contributed by atoms with Crippen molar-refractivity contribution in [2.45, 2.75) is 6.54 Å². The van der Waals surface area contributed by atoms with Crippen LogP contribution in [-0.2, 0) is 6.54 Å². The van der Waals surface area contributed by atoms with Gasteiger partial charge < -0.3 is 21.3 Å². The summed E-state index contributed by atoms with van der Waals surface area (Å²) in [7, 11) is 0. The SMILES string of the molecule is NC(=O)c1cccc(CN=C(N)N2CCN(c3ccc(F)cc3)CC2)c1. The van der Waals surface area contributed by atoms with Crippen molar-refractivity contribution in [1.82, 2.24) is 4.90 Å². The van der Waals surface area contributed by atoms with E-state index in [9.17, 15) is 9.18 Å². The molecular weight excluding hydrogens is 333 g/mol. The molecule has 0 aromatic heterocycles. The van der Waals surface area contributed by atoms with Crippen LogP contribution in [0.1, 0.15) is 15.9 Å². The second kappa shape index (κ2) is 7.86. The Bertz CT molecular complexity index is 798. The number of benzene rings is 2. The van der Waals surface area contributed by atoms with Crippen molar-refractivity contribution in [3.05, 3.63) is 65.5 Å². The molecule has 1 saturated heterocycles. The van der Waals surface area contributed by atoms with Crippen LogP contribution < -0.4 is 16.4 Å². The van der Waals surface area contributed by atoms with E-state index in [0.717, 1.165) is 37.4 Å². The lowest BCUT2D eigenvalue weighted by Gasteiger charge is -2.36. The molecule has 1 aliphatic rings.